The van der Waals surface area contributed by atoms with Gasteiger partial charge in [-0.3, -0.25) is 9.59 Å². The summed E-state index contributed by atoms with van der Waals surface area (Å²) in [5.41, 5.74) is 0.861. The Morgan fingerprint density at radius 1 is 1.19 bits per heavy atom. The van der Waals surface area contributed by atoms with Gasteiger partial charge in [0.1, 0.15) is 5.76 Å². The van der Waals surface area contributed by atoms with Crippen LogP contribution >= 0.6 is 0 Å². The van der Waals surface area contributed by atoms with Crippen molar-refractivity contribution >= 4 is 11.8 Å². The van der Waals surface area contributed by atoms with Crippen LogP contribution in [-0.2, 0) is 14.3 Å². The first-order valence-electron chi connectivity index (χ1n) is 6.16. The summed E-state index contributed by atoms with van der Waals surface area (Å²) in [5.74, 6) is 1.29. The summed E-state index contributed by atoms with van der Waals surface area (Å²) in [6.45, 7) is 2.09. The number of carbonyl (C=O) groups is 2. The lowest BCUT2D eigenvalue weighted by Crippen LogP contribution is -2.35. The summed E-state index contributed by atoms with van der Waals surface area (Å²) < 4.78 is 5.36. The van der Waals surface area contributed by atoms with Crippen LogP contribution in [0.15, 0.2) is 11.3 Å². The summed E-state index contributed by atoms with van der Waals surface area (Å²) in [6, 6.07) is 0. The van der Waals surface area contributed by atoms with Gasteiger partial charge in [-0.25, -0.2) is 0 Å². The van der Waals surface area contributed by atoms with Gasteiger partial charge in [0, 0.05) is 24.3 Å². The molecule has 1 fully saturated rings. The standard InChI is InChI=1S/C13H16O3/c1-7-5-6-8-11(7)13(15)16-10-4-2-3-9(14)12(8)10/h7-8,11H,2-6H2,1H3/t7-,8-,11+/m0/s1. The van der Waals surface area contributed by atoms with E-state index in [0.717, 1.165) is 31.3 Å². The Kier molecular flexibility index (Phi) is 2.16. The molecule has 0 saturated heterocycles. The average molecular weight is 220 g/mol. The van der Waals surface area contributed by atoms with Crippen LogP contribution in [0.25, 0.3) is 0 Å². The monoisotopic (exact) mass is 220 g/mol. The van der Waals surface area contributed by atoms with Crippen LogP contribution in [0.2, 0.25) is 0 Å². The van der Waals surface area contributed by atoms with Crippen LogP contribution in [0.3, 0.4) is 0 Å². The number of Topliss-reactive ketones (excluding diaryl/α,β-unsaturated/α-hetero) is 1. The largest absolute Gasteiger partial charge is 0.430 e. The van der Waals surface area contributed by atoms with E-state index in [1.54, 1.807) is 0 Å². The van der Waals surface area contributed by atoms with Crippen molar-refractivity contribution in [1.82, 2.24) is 0 Å². The van der Waals surface area contributed by atoms with Crippen molar-refractivity contribution in [1.29, 1.82) is 0 Å². The maximum Gasteiger partial charge on any atom is 0.314 e. The second-order valence-electron chi connectivity index (χ2n) is 5.22. The molecule has 0 N–H and O–H groups in total. The van der Waals surface area contributed by atoms with E-state index in [4.69, 9.17) is 4.74 Å². The molecule has 0 aromatic heterocycles. The number of carbonyl (C=O) groups excluding carboxylic acids is 2. The molecule has 16 heavy (non-hydrogen) atoms. The van der Waals surface area contributed by atoms with Crippen LogP contribution < -0.4 is 0 Å². The SMILES string of the molecule is C[C@H]1CC[C@@H]2C3=C(CCCC3=O)OC(=O)[C@@H]21. The Bertz CT molecular complexity index is 394. The fourth-order valence-corrected chi connectivity index (χ4v) is 3.46. The van der Waals surface area contributed by atoms with Gasteiger partial charge in [-0.2, -0.15) is 0 Å². The summed E-state index contributed by atoms with van der Waals surface area (Å²) in [5, 5.41) is 0. The third kappa shape index (κ3) is 1.27. The number of hydrogen-bond acceptors (Lipinski definition) is 3. The lowest BCUT2D eigenvalue weighted by molar-refractivity contribution is -0.149. The summed E-state index contributed by atoms with van der Waals surface area (Å²) in [6.07, 6.45) is 4.25. The number of allylic oxidation sites excluding steroid dienone is 2. The lowest BCUT2D eigenvalue weighted by Gasteiger charge is -2.32. The molecule has 3 aliphatic rings. The highest BCUT2D eigenvalue weighted by molar-refractivity contribution is 5.99. The molecule has 3 nitrogen and oxygen atoms in total. The maximum absolute atomic E-state index is 11.9. The van der Waals surface area contributed by atoms with E-state index in [9.17, 15) is 9.59 Å². The molecule has 1 saturated carbocycles. The molecule has 1 aliphatic heterocycles. The second kappa shape index (κ2) is 3.44. The van der Waals surface area contributed by atoms with E-state index in [-0.39, 0.29) is 23.6 Å². The third-order valence-corrected chi connectivity index (χ3v) is 4.25. The highest BCUT2D eigenvalue weighted by Crippen LogP contribution is 2.48. The van der Waals surface area contributed by atoms with Crippen molar-refractivity contribution in [3.8, 4) is 0 Å². The first-order valence-corrected chi connectivity index (χ1v) is 6.16. The number of hydrogen-bond donors (Lipinski definition) is 0. The molecular weight excluding hydrogens is 204 g/mol. The zero-order valence-corrected chi connectivity index (χ0v) is 9.49. The van der Waals surface area contributed by atoms with Gasteiger partial charge in [-0.15, -0.1) is 0 Å². The Labute approximate surface area is 94.8 Å². The smallest absolute Gasteiger partial charge is 0.314 e. The van der Waals surface area contributed by atoms with Crippen LogP contribution in [0.4, 0.5) is 0 Å². The van der Waals surface area contributed by atoms with E-state index >= 15 is 0 Å². The fraction of sp³-hybridized carbons (Fsp3) is 0.692. The normalized spacial score (nSPS) is 38.2. The van der Waals surface area contributed by atoms with Crippen molar-refractivity contribution in [2.45, 2.75) is 39.0 Å². The van der Waals surface area contributed by atoms with E-state index in [1.165, 1.54) is 0 Å². The molecule has 0 amide bonds. The van der Waals surface area contributed by atoms with Crippen molar-refractivity contribution in [3.05, 3.63) is 11.3 Å². The fourth-order valence-electron chi connectivity index (χ4n) is 3.46. The van der Waals surface area contributed by atoms with Crippen molar-refractivity contribution in [3.63, 3.8) is 0 Å². The Hall–Kier alpha value is -1.12. The maximum atomic E-state index is 11.9. The molecule has 0 spiro atoms. The molecular formula is C13H16O3. The number of ketones is 1. The molecule has 0 unspecified atom stereocenters. The molecule has 3 heteroatoms. The highest BCUT2D eigenvalue weighted by Gasteiger charge is 2.48. The molecule has 3 atom stereocenters. The van der Waals surface area contributed by atoms with Gasteiger partial charge in [0.05, 0.1) is 5.92 Å². The molecule has 0 aromatic carbocycles. The van der Waals surface area contributed by atoms with Crippen molar-refractivity contribution in [2.75, 3.05) is 0 Å². The number of fused-ring (bicyclic) bond motifs is 2. The van der Waals surface area contributed by atoms with Crippen LogP contribution in [0.1, 0.15) is 39.0 Å². The van der Waals surface area contributed by atoms with Gasteiger partial charge < -0.3 is 4.74 Å². The van der Waals surface area contributed by atoms with Crippen molar-refractivity contribution < 1.29 is 14.3 Å². The molecule has 0 bridgehead atoms. The lowest BCUT2D eigenvalue weighted by atomic mass is 9.78. The Balaban J connectivity index is 2.04. The predicted octanol–water partition coefficient (Wildman–Crippen LogP) is 2.21. The number of rotatable bonds is 0. The van der Waals surface area contributed by atoms with Crippen molar-refractivity contribution in [2.24, 2.45) is 17.8 Å². The number of esters is 1. The quantitative estimate of drug-likeness (QED) is 0.588. The van der Waals surface area contributed by atoms with Gasteiger partial charge in [0.2, 0.25) is 0 Å². The molecule has 1 heterocycles. The van der Waals surface area contributed by atoms with E-state index in [1.807, 2.05) is 0 Å². The minimum atomic E-state index is -0.0940. The summed E-state index contributed by atoms with van der Waals surface area (Å²) >= 11 is 0. The molecule has 2 aliphatic carbocycles. The van der Waals surface area contributed by atoms with Crippen LogP contribution in [-0.4, -0.2) is 11.8 Å². The number of ether oxygens (including phenoxy) is 1. The van der Waals surface area contributed by atoms with Crippen LogP contribution in [0.5, 0.6) is 0 Å². The molecule has 86 valence electrons. The minimum Gasteiger partial charge on any atom is -0.430 e. The van der Waals surface area contributed by atoms with E-state index in [0.29, 0.717) is 18.1 Å². The second-order valence-corrected chi connectivity index (χ2v) is 5.22. The summed E-state index contributed by atoms with van der Waals surface area (Å²) in [7, 11) is 0. The van der Waals surface area contributed by atoms with Gasteiger partial charge in [-0.05, 0) is 25.2 Å². The zero-order chi connectivity index (χ0) is 11.3. The van der Waals surface area contributed by atoms with E-state index < -0.39 is 0 Å². The molecule has 0 radical (unpaired) electrons. The van der Waals surface area contributed by atoms with Gasteiger partial charge in [-0.1, -0.05) is 6.92 Å². The minimum absolute atomic E-state index is 0.0548. The first kappa shape index (κ1) is 10.1. The van der Waals surface area contributed by atoms with E-state index in [2.05, 4.69) is 6.92 Å². The van der Waals surface area contributed by atoms with Gasteiger partial charge in [0.15, 0.2) is 5.78 Å². The van der Waals surface area contributed by atoms with Gasteiger partial charge >= 0.3 is 5.97 Å². The molecule has 3 rings (SSSR count). The highest BCUT2D eigenvalue weighted by atomic mass is 16.5. The third-order valence-electron chi connectivity index (χ3n) is 4.25. The summed E-state index contributed by atoms with van der Waals surface area (Å²) in [4.78, 5) is 23.8. The van der Waals surface area contributed by atoms with Gasteiger partial charge in [0.25, 0.3) is 0 Å². The zero-order valence-electron chi connectivity index (χ0n) is 9.49. The predicted molar refractivity (Wildman–Crippen MR) is 57.4 cm³/mol. The molecule has 0 aromatic rings. The first-order chi connectivity index (χ1) is 7.68. The Morgan fingerprint density at radius 2 is 2.00 bits per heavy atom. The average Bonchev–Trinajstić information content (AvgIpc) is 2.61. The topological polar surface area (TPSA) is 43.4 Å². The van der Waals surface area contributed by atoms with Crippen LogP contribution in [0, 0.1) is 17.8 Å². The Morgan fingerprint density at radius 3 is 2.81 bits per heavy atom.